The molecule has 0 aliphatic heterocycles. The summed E-state index contributed by atoms with van der Waals surface area (Å²) >= 11 is 0. The normalized spacial score (nSPS) is 15.2. The minimum absolute atomic E-state index is 0.0672. The van der Waals surface area contributed by atoms with Gasteiger partial charge in [0.25, 0.3) is 0 Å². The van der Waals surface area contributed by atoms with Crippen molar-refractivity contribution in [2.24, 2.45) is 0 Å². The van der Waals surface area contributed by atoms with Gasteiger partial charge in [-0.3, -0.25) is 25.8 Å². The smallest absolute Gasteiger partial charge is 0.116 e. The average molecular weight is 277 g/mol. The predicted octanol–water partition coefficient (Wildman–Crippen LogP) is -1.26. The van der Waals surface area contributed by atoms with Crippen molar-refractivity contribution < 1.29 is 9.47 Å². The van der Waals surface area contributed by atoms with E-state index in [2.05, 4.69) is 25.8 Å². The second kappa shape index (κ2) is 11.5. The first kappa shape index (κ1) is 18.7. The highest BCUT2D eigenvalue weighted by molar-refractivity contribution is 4.68. The van der Waals surface area contributed by atoms with E-state index >= 15 is 0 Å². The van der Waals surface area contributed by atoms with E-state index in [-0.39, 0.29) is 12.6 Å². The summed E-state index contributed by atoms with van der Waals surface area (Å²) in [6.07, 6.45) is 0.134. The number of methoxy groups -OCH3 is 2. The molecule has 0 bridgehead atoms. The zero-order valence-electron chi connectivity index (χ0n) is 13.2. The van der Waals surface area contributed by atoms with Crippen LogP contribution in [0.2, 0.25) is 0 Å². The van der Waals surface area contributed by atoms with Crippen LogP contribution in [0, 0.1) is 0 Å². The van der Waals surface area contributed by atoms with E-state index < -0.39 is 0 Å². The lowest BCUT2D eigenvalue weighted by molar-refractivity contribution is 0.0940. The van der Waals surface area contributed by atoms with Crippen LogP contribution in [0.25, 0.3) is 0 Å². The Labute approximate surface area is 117 Å². The van der Waals surface area contributed by atoms with Crippen molar-refractivity contribution in [3.8, 4) is 0 Å². The molecular weight excluding hydrogens is 246 g/mol. The molecule has 0 amide bonds. The summed E-state index contributed by atoms with van der Waals surface area (Å²) in [6, 6.07) is 0. The van der Waals surface area contributed by atoms with E-state index in [1.165, 1.54) is 0 Å². The number of nitrogens with zero attached hydrogens (tertiary/aromatic N) is 2. The van der Waals surface area contributed by atoms with E-state index in [0.717, 1.165) is 13.1 Å². The van der Waals surface area contributed by atoms with Crippen LogP contribution in [0.3, 0.4) is 0 Å². The van der Waals surface area contributed by atoms with Gasteiger partial charge in [-0.2, -0.15) is 0 Å². The SMILES string of the molecule is COCCNC(NC(NCCOC)N(C)C)N(C)C. The number of rotatable bonds is 12. The predicted molar refractivity (Wildman–Crippen MR) is 77.8 cm³/mol. The highest BCUT2D eigenvalue weighted by atomic mass is 16.5. The number of hydrogen-bond donors (Lipinski definition) is 3. The molecule has 0 spiro atoms. The van der Waals surface area contributed by atoms with Crippen molar-refractivity contribution in [1.82, 2.24) is 25.8 Å². The van der Waals surface area contributed by atoms with Crippen LogP contribution in [0.15, 0.2) is 0 Å². The Morgan fingerprint density at radius 3 is 1.42 bits per heavy atom. The Balaban J connectivity index is 4.22. The molecule has 7 heteroatoms. The second-order valence-corrected chi connectivity index (χ2v) is 4.79. The molecule has 2 unspecified atom stereocenters. The van der Waals surface area contributed by atoms with Gasteiger partial charge in [-0.1, -0.05) is 0 Å². The van der Waals surface area contributed by atoms with Gasteiger partial charge in [0.2, 0.25) is 0 Å². The molecule has 0 aromatic carbocycles. The maximum absolute atomic E-state index is 5.05. The summed E-state index contributed by atoms with van der Waals surface area (Å²) in [5, 5.41) is 10.3. The largest absolute Gasteiger partial charge is 0.383 e. The topological polar surface area (TPSA) is 61.0 Å². The van der Waals surface area contributed by atoms with Gasteiger partial charge in [-0.15, -0.1) is 0 Å². The zero-order chi connectivity index (χ0) is 14.7. The van der Waals surface area contributed by atoms with Crippen LogP contribution in [0.5, 0.6) is 0 Å². The van der Waals surface area contributed by atoms with Gasteiger partial charge in [0.05, 0.1) is 13.2 Å². The van der Waals surface area contributed by atoms with Crippen LogP contribution >= 0.6 is 0 Å². The van der Waals surface area contributed by atoms with Crippen LogP contribution in [-0.4, -0.2) is 91.1 Å². The molecule has 0 saturated heterocycles. The monoisotopic (exact) mass is 277 g/mol. The fourth-order valence-corrected chi connectivity index (χ4v) is 1.53. The van der Waals surface area contributed by atoms with Crippen molar-refractivity contribution in [2.45, 2.75) is 12.6 Å². The lowest BCUT2D eigenvalue weighted by atomic mass is 10.5. The molecule has 0 aliphatic rings. The van der Waals surface area contributed by atoms with Crippen molar-refractivity contribution in [2.75, 3.05) is 68.7 Å². The Bertz CT molecular complexity index is 185. The Morgan fingerprint density at radius 2 is 1.16 bits per heavy atom. The molecule has 0 rings (SSSR count). The van der Waals surface area contributed by atoms with Crippen LogP contribution < -0.4 is 16.0 Å². The maximum Gasteiger partial charge on any atom is 0.116 e. The fraction of sp³-hybridized carbons (Fsp3) is 1.00. The minimum atomic E-state index is 0.0672. The van der Waals surface area contributed by atoms with E-state index in [4.69, 9.17) is 9.47 Å². The third kappa shape index (κ3) is 9.28. The van der Waals surface area contributed by atoms with E-state index in [1.807, 2.05) is 28.2 Å². The minimum Gasteiger partial charge on any atom is -0.383 e. The number of ether oxygens (including phenoxy) is 2. The quantitative estimate of drug-likeness (QED) is 0.304. The fourth-order valence-electron chi connectivity index (χ4n) is 1.53. The molecule has 7 nitrogen and oxygen atoms in total. The van der Waals surface area contributed by atoms with Gasteiger partial charge in [-0.25, -0.2) is 0 Å². The molecule has 116 valence electrons. The highest BCUT2D eigenvalue weighted by Gasteiger charge is 2.17. The van der Waals surface area contributed by atoms with Gasteiger partial charge in [0.1, 0.15) is 12.6 Å². The third-order valence-electron chi connectivity index (χ3n) is 2.64. The van der Waals surface area contributed by atoms with Crippen molar-refractivity contribution >= 4 is 0 Å². The standard InChI is InChI=1S/C12H31N5O2/c1-16(2)11(13-7-9-18-5)15-12(17(3)4)14-8-10-19-6/h11-15H,7-10H2,1-6H3. The molecule has 0 aliphatic carbocycles. The summed E-state index contributed by atoms with van der Waals surface area (Å²) in [4.78, 5) is 4.17. The molecule has 0 aromatic rings. The molecule has 19 heavy (non-hydrogen) atoms. The van der Waals surface area contributed by atoms with Gasteiger partial charge in [-0.05, 0) is 28.2 Å². The van der Waals surface area contributed by atoms with E-state index in [9.17, 15) is 0 Å². The third-order valence-corrected chi connectivity index (χ3v) is 2.64. The molecule has 0 aromatic heterocycles. The van der Waals surface area contributed by atoms with Crippen LogP contribution in [0.4, 0.5) is 0 Å². The molecule has 0 heterocycles. The lowest BCUT2D eigenvalue weighted by Crippen LogP contribution is -2.63. The van der Waals surface area contributed by atoms with Gasteiger partial charge in [0.15, 0.2) is 0 Å². The Morgan fingerprint density at radius 1 is 0.789 bits per heavy atom. The van der Waals surface area contributed by atoms with Gasteiger partial charge >= 0.3 is 0 Å². The molecule has 2 atom stereocenters. The zero-order valence-corrected chi connectivity index (χ0v) is 13.2. The summed E-state index contributed by atoms with van der Waals surface area (Å²) in [5.74, 6) is 0. The second-order valence-electron chi connectivity index (χ2n) is 4.79. The molecular formula is C12H31N5O2. The van der Waals surface area contributed by atoms with Crippen molar-refractivity contribution in [3.63, 3.8) is 0 Å². The highest BCUT2D eigenvalue weighted by Crippen LogP contribution is 1.90. The molecule has 0 radical (unpaired) electrons. The first-order valence-corrected chi connectivity index (χ1v) is 6.56. The summed E-state index contributed by atoms with van der Waals surface area (Å²) < 4.78 is 10.1. The average Bonchev–Trinajstić information content (AvgIpc) is 2.35. The summed E-state index contributed by atoms with van der Waals surface area (Å²) in [5.41, 5.74) is 0. The van der Waals surface area contributed by atoms with Gasteiger partial charge < -0.3 is 9.47 Å². The summed E-state index contributed by atoms with van der Waals surface area (Å²) in [7, 11) is 11.5. The maximum atomic E-state index is 5.05. The van der Waals surface area contributed by atoms with Crippen LogP contribution in [0.1, 0.15) is 0 Å². The summed E-state index contributed by atoms with van der Waals surface area (Å²) in [6.45, 7) is 2.97. The molecule has 0 saturated carbocycles. The number of hydrogen-bond acceptors (Lipinski definition) is 7. The molecule has 3 N–H and O–H groups in total. The molecule has 0 fully saturated rings. The first-order chi connectivity index (χ1) is 9.02. The first-order valence-electron chi connectivity index (χ1n) is 6.56. The van der Waals surface area contributed by atoms with Crippen LogP contribution in [-0.2, 0) is 9.47 Å². The number of nitrogens with one attached hydrogen (secondary N) is 3. The lowest BCUT2D eigenvalue weighted by Gasteiger charge is -2.34. The van der Waals surface area contributed by atoms with Crippen molar-refractivity contribution in [1.29, 1.82) is 0 Å². The Kier molecular flexibility index (Phi) is 11.4. The van der Waals surface area contributed by atoms with Crippen molar-refractivity contribution in [3.05, 3.63) is 0 Å². The van der Waals surface area contributed by atoms with Gasteiger partial charge in [0, 0.05) is 27.3 Å². The van der Waals surface area contributed by atoms with E-state index in [0.29, 0.717) is 13.2 Å². The van der Waals surface area contributed by atoms with E-state index in [1.54, 1.807) is 14.2 Å². The Hall–Kier alpha value is -0.280.